The molecule has 2 heterocycles. The van der Waals surface area contributed by atoms with E-state index in [1.807, 2.05) is 0 Å². The Bertz CT molecular complexity index is 286. The lowest BCUT2D eigenvalue weighted by atomic mass is 9.92. The number of nitrogens with one attached hydrogen (secondary N) is 2. The largest absolute Gasteiger partial charge is 0.375 e. The van der Waals surface area contributed by atoms with Gasteiger partial charge in [0.1, 0.15) is 0 Å². The highest BCUT2D eigenvalue weighted by atomic mass is 16.5. The number of carbonyl (C=O) groups is 1. The summed E-state index contributed by atoms with van der Waals surface area (Å²) in [6.07, 6.45) is 4.91. The van der Waals surface area contributed by atoms with E-state index in [0.29, 0.717) is 12.3 Å². The van der Waals surface area contributed by atoms with Gasteiger partial charge in [-0.1, -0.05) is 0 Å². The maximum atomic E-state index is 12.0. The summed E-state index contributed by atoms with van der Waals surface area (Å²) >= 11 is 0. The smallest absolute Gasteiger partial charge is 0.220 e. The Labute approximate surface area is 110 Å². The van der Waals surface area contributed by atoms with E-state index >= 15 is 0 Å². The van der Waals surface area contributed by atoms with E-state index < -0.39 is 0 Å². The van der Waals surface area contributed by atoms with Gasteiger partial charge in [-0.2, -0.15) is 0 Å². The van der Waals surface area contributed by atoms with Crippen molar-refractivity contribution in [3.05, 3.63) is 0 Å². The quantitative estimate of drug-likeness (QED) is 0.801. The van der Waals surface area contributed by atoms with Crippen LogP contribution in [0.15, 0.2) is 0 Å². The van der Waals surface area contributed by atoms with Crippen LogP contribution in [0.4, 0.5) is 0 Å². The number of piperidine rings is 1. The maximum Gasteiger partial charge on any atom is 0.220 e. The minimum atomic E-state index is -0.0947. The molecule has 0 spiro atoms. The van der Waals surface area contributed by atoms with Gasteiger partial charge in [-0.3, -0.25) is 4.79 Å². The molecular weight excluding hydrogens is 228 g/mol. The van der Waals surface area contributed by atoms with Gasteiger partial charge in [-0.05, 0) is 58.5 Å². The van der Waals surface area contributed by atoms with Gasteiger partial charge in [0.05, 0.1) is 5.60 Å². The van der Waals surface area contributed by atoms with Crippen LogP contribution in [-0.4, -0.2) is 37.2 Å². The predicted molar refractivity (Wildman–Crippen MR) is 71.4 cm³/mol. The van der Waals surface area contributed by atoms with Gasteiger partial charge >= 0.3 is 0 Å². The Balaban J connectivity index is 1.73. The molecule has 2 N–H and O–H groups in total. The second-order valence-electron chi connectivity index (χ2n) is 6.28. The molecule has 18 heavy (non-hydrogen) atoms. The summed E-state index contributed by atoms with van der Waals surface area (Å²) < 4.78 is 5.67. The predicted octanol–water partition coefficient (Wildman–Crippen LogP) is 1.45. The molecule has 0 radical (unpaired) electrons. The lowest BCUT2D eigenvalue weighted by molar-refractivity contribution is -0.125. The molecule has 1 amide bonds. The standard InChI is InChI=1S/C14H26N2O2/c1-14(2)9-12(5-7-18-14)16-13(17)8-11-4-3-6-15-10-11/h11-12,15H,3-10H2,1-2H3,(H,16,17). The Hall–Kier alpha value is -0.610. The van der Waals surface area contributed by atoms with Gasteiger partial charge in [-0.15, -0.1) is 0 Å². The molecule has 2 atom stereocenters. The second-order valence-corrected chi connectivity index (χ2v) is 6.28. The summed E-state index contributed by atoms with van der Waals surface area (Å²) in [7, 11) is 0. The third-order valence-electron chi connectivity index (χ3n) is 3.94. The van der Waals surface area contributed by atoms with Crippen LogP contribution >= 0.6 is 0 Å². The molecule has 2 rings (SSSR count). The van der Waals surface area contributed by atoms with Crippen LogP contribution in [-0.2, 0) is 9.53 Å². The third-order valence-corrected chi connectivity index (χ3v) is 3.94. The Morgan fingerprint density at radius 1 is 1.44 bits per heavy atom. The number of ether oxygens (including phenoxy) is 1. The summed E-state index contributed by atoms with van der Waals surface area (Å²) in [5.41, 5.74) is -0.0947. The number of carbonyl (C=O) groups excluding carboxylic acids is 1. The second kappa shape index (κ2) is 6.02. The molecule has 2 aliphatic rings. The summed E-state index contributed by atoms with van der Waals surface area (Å²) in [6.45, 7) is 7.04. The lowest BCUT2D eigenvalue weighted by Gasteiger charge is -2.36. The normalized spacial score (nSPS) is 31.9. The zero-order valence-electron chi connectivity index (χ0n) is 11.6. The average molecular weight is 254 g/mol. The van der Waals surface area contributed by atoms with Crippen molar-refractivity contribution < 1.29 is 9.53 Å². The van der Waals surface area contributed by atoms with Gasteiger partial charge in [0.15, 0.2) is 0 Å². The first-order valence-corrected chi connectivity index (χ1v) is 7.19. The molecule has 0 aromatic heterocycles. The number of hydrogen-bond acceptors (Lipinski definition) is 3. The first-order chi connectivity index (χ1) is 8.55. The molecule has 0 aliphatic carbocycles. The van der Waals surface area contributed by atoms with Gasteiger partial charge < -0.3 is 15.4 Å². The summed E-state index contributed by atoms with van der Waals surface area (Å²) in [4.78, 5) is 12.0. The topological polar surface area (TPSA) is 50.4 Å². The van der Waals surface area contributed by atoms with Gasteiger partial charge in [0.2, 0.25) is 5.91 Å². The molecule has 0 aromatic carbocycles. The van der Waals surface area contributed by atoms with E-state index in [4.69, 9.17) is 4.74 Å². The van der Waals surface area contributed by atoms with Crippen molar-refractivity contribution in [1.82, 2.24) is 10.6 Å². The number of amides is 1. The van der Waals surface area contributed by atoms with Crippen LogP contribution < -0.4 is 10.6 Å². The molecule has 2 unspecified atom stereocenters. The van der Waals surface area contributed by atoms with Crippen LogP contribution in [0.5, 0.6) is 0 Å². The van der Waals surface area contributed by atoms with E-state index in [-0.39, 0.29) is 17.6 Å². The Kier molecular flexibility index (Phi) is 4.62. The minimum absolute atomic E-state index is 0.0947. The number of hydrogen-bond donors (Lipinski definition) is 2. The third kappa shape index (κ3) is 4.25. The van der Waals surface area contributed by atoms with Crippen molar-refractivity contribution in [2.75, 3.05) is 19.7 Å². The first-order valence-electron chi connectivity index (χ1n) is 7.19. The fourth-order valence-electron chi connectivity index (χ4n) is 3.00. The van der Waals surface area contributed by atoms with Crippen LogP contribution in [0.1, 0.15) is 46.0 Å². The highest BCUT2D eigenvalue weighted by Crippen LogP contribution is 2.24. The van der Waals surface area contributed by atoms with Crippen LogP contribution in [0, 0.1) is 5.92 Å². The molecule has 0 aromatic rings. The summed E-state index contributed by atoms with van der Waals surface area (Å²) in [6, 6.07) is 0.290. The molecule has 2 fully saturated rings. The van der Waals surface area contributed by atoms with E-state index in [0.717, 1.165) is 32.5 Å². The lowest BCUT2D eigenvalue weighted by Crippen LogP contribution is -2.46. The molecule has 2 aliphatic heterocycles. The van der Waals surface area contributed by atoms with Gasteiger partial charge in [0, 0.05) is 19.1 Å². The zero-order valence-corrected chi connectivity index (χ0v) is 11.6. The SMILES string of the molecule is CC1(C)CC(NC(=O)CC2CCCNC2)CCO1. The van der Waals surface area contributed by atoms with Crippen molar-refractivity contribution in [3.8, 4) is 0 Å². The Morgan fingerprint density at radius 3 is 2.94 bits per heavy atom. The van der Waals surface area contributed by atoms with Gasteiger partial charge in [0.25, 0.3) is 0 Å². The van der Waals surface area contributed by atoms with Crippen molar-refractivity contribution >= 4 is 5.91 Å². The Morgan fingerprint density at radius 2 is 2.28 bits per heavy atom. The molecule has 4 heteroatoms. The summed E-state index contributed by atoms with van der Waals surface area (Å²) in [5.74, 6) is 0.734. The van der Waals surface area contributed by atoms with E-state index in [1.165, 1.54) is 12.8 Å². The zero-order chi connectivity index (χ0) is 13.0. The molecule has 104 valence electrons. The highest BCUT2D eigenvalue weighted by Gasteiger charge is 2.30. The maximum absolute atomic E-state index is 12.0. The van der Waals surface area contributed by atoms with Crippen LogP contribution in [0.3, 0.4) is 0 Å². The van der Waals surface area contributed by atoms with Crippen molar-refractivity contribution in [2.45, 2.75) is 57.6 Å². The molecule has 4 nitrogen and oxygen atoms in total. The fourth-order valence-corrected chi connectivity index (χ4v) is 3.00. The monoisotopic (exact) mass is 254 g/mol. The van der Waals surface area contributed by atoms with Crippen molar-refractivity contribution in [3.63, 3.8) is 0 Å². The van der Waals surface area contributed by atoms with Crippen molar-refractivity contribution in [2.24, 2.45) is 5.92 Å². The highest BCUT2D eigenvalue weighted by molar-refractivity contribution is 5.76. The number of rotatable bonds is 3. The molecular formula is C14H26N2O2. The molecule has 2 saturated heterocycles. The van der Waals surface area contributed by atoms with Crippen molar-refractivity contribution in [1.29, 1.82) is 0 Å². The summed E-state index contributed by atoms with van der Waals surface area (Å²) in [5, 5.41) is 6.53. The van der Waals surface area contributed by atoms with E-state index in [2.05, 4.69) is 24.5 Å². The van der Waals surface area contributed by atoms with Crippen LogP contribution in [0.2, 0.25) is 0 Å². The van der Waals surface area contributed by atoms with Crippen LogP contribution in [0.25, 0.3) is 0 Å². The van der Waals surface area contributed by atoms with Gasteiger partial charge in [-0.25, -0.2) is 0 Å². The molecule has 0 bridgehead atoms. The van der Waals surface area contributed by atoms with E-state index in [1.54, 1.807) is 0 Å². The first kappa shape index (κ1) is 13.8. The van der Waals surface area contributed by atoms with E-state index in [9.17, 15) is 4.79 Å². The average Bonchev–Trinajstić information content (AvgIpc) is 2.28. The minimum Gasteiger partial charge on any atom is -0.375 e. The fraction of sp³-hybridized carbons (Fsp3) is 0.929. The molecule has 0 saturated carbocycles.